The molecule has 0 aliphatic rings. The number of rotatable bonds is 5. The minimum Gasteiger partial charge on any atom is -0.350 e. The molecule has 1 amide bonds. The summed E-state index contributed by atoms with van der Waals surface area (Å²) in [6, 6.07) is 5.47. The molecule has 0 saturated carbocycles. The van der Waals surface area contributed by atoms with Crippen molar-refractivity contribution >= 4 is 11.6 Å². The smallest absolute Gasteiger partial charge is 0.270 e. The summed E-state index contributed by atoms with van der Waals surface area (Å²) in [7, 11) is 0. The van der Waals surface area contributed by atoms with Gasteiger partial charge in [-0.3, -0.25) is 14.9 Å². The highest BCUT2D eigenvalue weighted by Gasteiger charge is 2.13. The number of nitro benzene ring substituents is 1. The fourth-order valence-electron chi connectivity index (χ4n) is 1.31. The molecule has 0 aliphatic carbocycles. The number of benzene rings is 1. The first-order valence-corrected chi connectivity index (χ1v) is 5.70. The summed E-state index contributed by atoms with van der Waals surface area (Å²) in [5.74, 6) is -0.0924. The summed E-state index contributed by atoms with van der Waals surface area (Å²) in [5.41, 5.74) is 5.96. The highest BCUT2D eigenvalue weighted by atomic mass is 16.6. The van der Waals surface area contributed by atoms with Crippen LogP contribution in [0.4, 0.5) is 5.69 Å². The van der Waals surface area contributed by atoms with Crippen LogP contribution in [0.5, 0.6) is 0 Å². The fraction of sp³-hybridized carbons (Fsp3) is 0.417. The maximum Gasteiger partial charge on any atom is 0.270 e. The Labute approximate surface area is 105 Å². The van der Waals surface area contributed by atoms with E-state index in [4.69, 9.17) is 5.73 Å². The predicted octanol–water partition coefficient (Wildman–Crippen LogP) is 1.31. The third-order valence-corrected chi connectivity index (χ3v) is 2.67. The van der Waals surface area contributed by atoms with E-state index in [0.717, 1.165) is 0 Å². The Morgan fingerprint density at radius 2 is 2.17 bits per heavy atom. The first-order valence-electron chi connectivity index (χ1n) is 5.70. The van der Waals surface area contributed by atoms with E-state index in [-0.39, 0.29) is 29.1 Å². The largest absolute Gasteiger partial charge is 0.350 e. The van der Waals surface area contributed by atoms with Gasteiger partial charge in [-0.05, 0) is 12.0 Å². The SMILES string of the molecule is CC(C)C(N)CNC(=O)c1cccc([N+](=O)[O-])c1. The molecule has 0 radical (unpaired) electrons. The van der Waals surface area contributed by atoms with E-state index in [1.54, 1.807) is 0 Å². The molecule has 0 heterocycles. The third-order valence-electron chi connectivity index (χ3n) is 2.67. The van der Waals surface area contributed by atoms with Gasteiger partial charge in [-0.1, -0.05) is 19.9 Å². The normalized spacial score (nSPS) is 12.2. The van der Waals surface area contributed by atoms with Crippen molar-refractivity contribution < 1.29 is 9.72 Å². The topological polar surface area (TPSA) is 98.3 Å². The molecule has 1 unspecified atom stereocenters. The first-order chi connectivity index (χ1) is 8.41. The molecule has 98 valence electrons. The number of non-ortho nitro benzene ring substituents is 1. The highest BCUT2D eigenvalue weighted by molar-refractivity contribution is 5.94. The van der Waals surface area contributed by atoms with Gasteiger partial charge in [0.2, 0.25) is 0 Å². The Kier molecular flexibility index (Phi) is 4.79. The molecule has 0 fully saturated rings. The van der Waals surface area contributed by atoms with E-state index in [1.165, 1.54) is 24.3 Å². The third kappa shape index (κ3) is 3.81. The lowest BCUT2D eigenvalue weighted by Crippen LogP contribution is -2.40. The molecule has 6 nitrogen and oxygen atoms in total. The Hall–Kier alpha value is -1.95. The van der Waals surface area contributed by atoms with Gasteiger partial charge in [0.15, 0.2) is 0 Å². The van der Waals surface area contributed by atoms with E-state index in [2.05, 4.69) is 5.32 Å². The van der Waals surface area contributed by atoms with Gasteiger partial charge < -0.3 is 11.1 Å². The number of hydrogen-bond acceptors (Lipinski definition) is 4. The van der Waals surface area contributed by atoms with Crippen molar-refractivity contribution in [3.63, 3.8) is 0 Å². The number of nitrogens with zero attached hydrogens (tertiary/aromatic N) is 1. The molecule has 6 heteroatoms. The van der Waals surface area contributed by atoms with E-state index in [1.807, 2.05) is 13.8 Å². The zero-order valence-corrected chi connectivity index (χ0v) is 10.4. The molecular formula is C12H17N3O3. The molecule has 1 rings (SSSR count). The number of carbonyl (C=O) groups is 1. The number of amides is 1. The fourth-order valence-corrected chi connectivity index (χ4v) is 1.31. The van der Waals surface area contributed by atoms with Crippen LogP contribution in [0.1, 0.15) is 24.2 Å². The number of nitro groups is 1. The van der Waals surface area contributed by atoms with E-state index < -0.39 is 4.92 Å². The second-order valence-corrected chi connectivity index (χ2v) is 4.43. The van der Waals surface area contributed by atoms with Crippen LogP contribution in [-0.4, -0.2) is 23.4 Å². The zero-order valence-electron chi connectivity index (χ0n) is 10.4. The number of nitrogens with two attached hydrogens (primary N) is 1. The molecule has 0 bridgehead atoms. The maximum atomic E-state index is 11.8. The van der Waals surface area contributed by atoms with Gasteiger partial charge in [-0.2, -0.15) is 0 Å². The van der Waals surface area contributed by atoms with Gasteiger partial charge in [-0.25, -0.2) is 0 Å². The average molecular weight is 251 g/mol. The quantitative estimate of drug-likeness (QED) is 0.608. The minimum absolute atomic E-state index is 0.101. The van der Waals surface area contributed by atoms with Crippen LogP contribution in [0.2, 0.25) is 0 Å². The summed E-state index contributed by atoms with van der Waals surface area (Å²) in [4.78, 5) is 21.8. The van der Waals surface area contributed by atoms with Crippen molar-refractivity contribution in [1.29, 1.82) is 0 Å². The lowest BCUT2D eigenvalue weighted by atomic mass is 10.1. The maximum absolute atomic E-state index is 11.8. The lowest BCUT2D eigenvalue weighted by molar-refractivity contribution is -0.384. The van der Waals surface area contributed by atoms with E-state index in [0.29, 0.717) is 6.54 Å². The summed E-state index contributed by atoms with van der Waals surface area (Å²) < 4.78 is 0. The summed E-state index contributed by atoms with van der Waals surface area (Å²) in [5, 5.41) is 13.2. The van der Waals surface area contributed by atoms with Crippen molar-refractivity contribution in [2.45, 2.75) is 19.9 Å². The standard InChI is InChI=1S/C12H17N3O3/c1-8(2)11(13)7-14-12(16)9-4-3-5-10(6-9)15(17)18/h3-6,8,11H,7,13H2,1-2H3,(H,14,16). The van der Waals surface area contributed by atoms with Crippen molar-refractivity contribution in [2.24, 2.45) is 11.7 Å². The Bertz CT molecular complexity index is 446. The van der Waals surface area contributed by atoms with Gasteiger partial charge in [0.05, 0.1) is 4.92 Å². The first kappa shape index (κ1) is 14.1. The number of nitrogens with one attached hydrogen (secondary N) is 1. The van der Waals surface area contributed by atoms with E-state index in [9.17, 15) is 14.9 Å². The van der Waals surface area contributed by atoms with Crippen LogP contribution in [-0.2, 0) is 0 Å². The van der Waals surface area contributed by atoms with Crippen LogP contribution < -0.4 is 11.1 Å². The molecule has 0 aromatic heterocycles. The van der Waals surface area contributed by atoms with Crippen LogP contribution in [0.25, 0.3) is 0 Å². The van der Waals surface area contributed by atoms with Gasteiger partial charge >= 0.3 is 0 Å². The molecule has 18 heavy (non-hydrogen) atoms. The molecule has 1 aromatic rings. The Morgan fingerprint density at radius 3 is 2.72 bits per heavy atom. The zero-order chi connectivity index (χ0) is 13.7. The van der Waals surface area contributed by atoms with Crippen LogP contribution >= 0.6 is 0 Å². The monoisotopic (exact) mass is 251 g/mol. The predicted molar refractivity (Wildman–Crippen MR) is 68.2 cm³/mol. The Morgan fingerprint density at radius 1 is 1.50 bits per heavy atom. The summed E-state index contributed by atoms with van der Waals surface area (Å²) in [6.45, 7) is 4.27. The molecule has 0 spiro atoms. The highest BCUT2D eigenvalue weighted by Crippen LogP contribution is 2.12. The van der Waals surface area contributed by atoms with Crippen LogP contribution in [0, 0.1) is 16.0 Å². The second-order valence-electron chi connectivity index (χ2n) is 4.43. The van der Waals surface area contributed by atoms with Gasteiger partial charge in [0.1, 0.15) is 0 Å². The summed E-state index contributed by atoms with van der Waals surface area (Å²) in [6.07, 6.45) is 0. The minimum atomic E-state index is -0.531. The Balaban J connectivity index is 2.67. The molecule has 1 aromatic carbocycles. The molecule has 0 saturated heterocycles. The molecule has 0 aliphatic heterocycles. The number of hydrogen-bond donors (Lipinski definition) is 2. The molecule has 1 atom stereocenters. The molecular weight excluding hydrogens is 234 g/mol. The van der Waals surface area contributed by atoms with Gasteiger partial charge in [-0.15, -0.1) is 0 Å². The summed E-state index contributed by atoms with van der Waals surface area (Å²) >= 11 is 0. The van der Waals surface area contributed by atoms with Gasteiger partial charge in [0, 0.05) is 30.3 Å². The van der Waals surface area contributed by atoms with Crippen molar-refractivity contribution in [2.75, 3.05) is 6.54 Å². The second kappa shape index (κ2) is 6.11. The lowest BCUT2D eigenvalue weighted by Gasteiger charge is -2.16. The molecule has 3 N–H and O–H groups in total. The van der Waals surface area contributed by atoms with Crippen LogP contribution in [0.3, 0.4) is 0 Å². The average Bonchev–Trinajstić information content (AvgIpc) is 2.35. The van der Waals surface area contributed by atoms with Gasteiger partial charge in [0.25, 0.3) is 11.6 Å². The van der Waals surface area contributed by atoms with Crippen molar-refractivity contribution in [3.05, 3.63) is 39.9 Å². The van der Waals surface area contributed by atoms with E-state index >= 15 is 0 Å². The van der Waals surface area contributed by atoms with Crippen LogP contribution in [0.15, 0.2) is 24.3 Å². The number of carbonyl (C=O) groups excluding carboxylic acids is 1. The van der Waals surface area contributed by atoms with Crippen molar-refractivity contribution in [3.8, 4) is 0 Å². The van der Waals surface area contributed by atoms with Crippen molar-refractivity contribution in [1.82, 2.24) is 5.32 Å².